The van der Waals surface area contributed by atoms with Crippen molar-refractivity contribution in [1.29, 1.82) is 0 Å². The van der Waals surface area contributed by atoms with Crippen LogP contribution in [0.25, 0.3) is 0 Å². The molecular formula is C11H13N5OS. The number of carbonyl (C=O) groups is 1. The summed E-state index contributed by atoms with van der Waals surface area (Å²) in [6.45, 7) is 3.50. The normalized spacial score (nSPS) is 14.3. The van der Waals surface area contributed by atoms with Gasteiger partial charge in [0.2, 0.25) is 0 Å². The molecule has 0 atom stereocenters. The number of hydrogen-bond acceptors (Lipinski definition) is 5. The third kappa shape index (κ3) is 2.02. The van der Waals surface area contributed by atoms with E-state index in [-0.39, 0.29) is 5.91 Å². The van der Waals surface area contributed by atoms with Crippen molar-refractivity contribution in [3.8, 4) is 0 Å². The largest absolute Gasteiger partial charge is 0.312 e. The number of anilines is 1. The number of amides is 1. The van der Waals surface area contributed by atoms with Gasteiger partial charge >= 0.3 is 0 Å². The number of carbonyl (C=O) groups excluding carboxylic acids is 1. The summed E-state index contributed by atoms with van der Waals surface area (Å²) in [4.78, 5) is 16.3. The molecule has 1 aliphatic rings. The van der Waals surface area contributed by atoms with Gasteiger partial charge in [-0.2, -0.15) is 5.10 Å². The Bertz CT molecular complexity index is 588. The van der Waals surface area contributed by atoms with Gasteiger partial charge in [-0.25, -0.2) is 4.98 Å². The fraction of sp³-hybridized carbons (Fsp3) is 0.364. The molecule has 7 heteroatoms. The molecule has 94 valence electrons. The predicted octanol–water partition coefficient (Wildman–Crippen LogP) is 1.07. The van der Waals surface area contributed by atoms with Crippen LogP contribution in [-0.2, 0) is 13.0 Å². The van der Waals surface area contributed by atoms with E-state index in [2.05, 4.69) is 25.8 Å². The molecule has 3 N–H and O–H groups in total. The first-order valence-electron chi connectivity index (χ1n) is 5.74. The van der Waals surface area contributed by atoms with Gasteiger partial charge in [0.15, 0.2) is 10.8 Å². The van der Waals surface area contributed by atoms with E-state index in [0.717, 1.165) is 29.9 Å². The molecule has 0 bridgehead atoms. The highest BCUT2D eigenvalue weighted by atomic mass is 32.1. The van der Waals surface area contributed by atoms with Crippen LogP contribution in [0, 0.1) is 6.92 Å². The molecule has 0 spiro atoms. The van der Waals surface area contributed by atoms with Crippen LogP contribution >= 0.6 is 11.3 Å². The predicted molar refractivity (Wildman–Crippen MR) is 68.8 cm³/mol. The number of aromatic amines is 1. The number of aryl methyl sites for hydroxylation is 1. The van der Waals surface area contributed by atoms with Crippen molar-refractivity contribution in [2.24, 2.45) is 0 Å². The highest BCUT2D eigenvalue weighted by Crippen LogP contribution is 2.19. The van der Waals surface area contributed by atoms with E-state index >= 15 is 0 Å². The van der Waals surface area contributed by atoms with Crippen molar-refractivity contribution in [3.63, 3.8) is 0 Å². The smallest absolute Gasteiger partial charge is 0.278 e. The summed E-state index contributed by atoms with van der Waals surface area (Å²) in [5.74, 6) is -0.203. The first kappa shape index (κ1) is 11.4. The number of rotatable bonds is 2. The Balaban J connectivity index is 1.82. The first-order chi connectivity index (χ1) is 8.74. The summed E-state index contributed by atoms with van der Waals surface area (Å²) in [5.41, 5.74) is 3.38. The zero-order valence-electron chi connectivity index (χ0n) is 9.91. The maximum absolute atomic E-state index is 12.1. The fourth-order valence-corrected chi connectivity index (χ4v) is 2.66. The Morgan fingerprint density at radius 3 is 3.22 bits per heavy atom. The topological polar surface area (TPSA) is 82.7 Å². The lowest BCUT2D eigenvalue weighted by atomic mass is 10.1. The van der Waals surface area contributed by atoms with Gasteiger partial charge in [-0.15, -0.1) is 11.3 Å². The number of nitrogens with zero attached hydrogens (tertiary/aromatic N) is 2. The highest BCUT2D eigenvalue weighted by molar-refractivity contribution is 7.13. The van der Waals surface area contributed by atoms with E-state index < -0.39 is 0 Å². The number of nitrogens with one attached hydrogen (secondary N) is 3. The number of hydrogen-bond donors (Lipinski definition) is 3. The van der Waals surface area contributed by atoms with Crippen molar-refractivity contribution < 1.29 is 4.79 Å². The van der Waals surface area contributed by atoms with Gasteiger partial charge in [-0.05, 0) is 6.92 Å². The monoisotopic (exact) mass is 263 g/mol. The number of thiazole rings is 1. The van der Waals surface area contributed by atoms with Crippen LogP contribution in [0.2, 0.25) is 0 Å². The molecule has 0 aliphatic carbocycles. The first-order valence-corrected chi connectivity index (χ1v) is 6.62. The zero-order chi connectivity index (χ0) is 12.5. The van der Waals surface area contributed by atoms with Gasteiger partial charge < -0.3 is 5.32 Å². The van der Waals surface area contributed by atoms with E-state index in [1.807, 2.05) is 12.3 Å². The van der Waals surface area contributed by atoms with Gasteiger partial charge in [-0.3, -0.25) is 15.2 Å². The van der Waals surface area contributed by atoms with Crippen molar-refractivity contribution in [2.75, 3.05) is 11.9 Å². The SMILES string of the molecule is Cc1csc(NC(=O)c2n[nH]c3c2CNCC3)n1. The zero-order valence-corrected chi connectivity index (χ0v) is 10.7. The molecule has 6 nitrogen and oxygen atoms in total. The third-order valence-corrected chi connectivity index (χ3v) is 3.74. The minimum atomic E-state index is -0.203. The average molecular weight is 263 g/mol. The van der Waals surface area contributed by atoms with Crippen molar-refractivity contribution in [2.45, 2.75) is 19.9 Å². The van der Waals surface area contributed by atoms with Crippen molar-refractivity contribution in [1.82, 2.24) is 20.5 Å². The Hall–Kier alpha value is -1.73. The van der Waals surface area contributed by atoms with E-state index in [9.17, 15) is 4.79 Å². The maximum atomic E-state index is 12.1. The average Bonchev–Trinajstić information content (AvgIpc) is 2.95. The lowest BCUT2D eigenvalue weighted by molar-refractivity contribution is 0.102. The van der Waals surface area contributed by atoms with Crippen LogP contribution in [0.3, 0.4) is 0 Å². The highest BCUT2D eigenvalue weighted by Gasteiger charge is 2.21. The summed E-state index contributed by atoms with van der Waals surface area (Å²) < 4.78 is 0. The molecule has 0 saturated carbocycles. The van der Waals surface area contributed by atoms with E-state index in [4.69, 9.17) is 0 Å². The molecule has 0 saturated heterocycles. The molecule has 1 amide bonds. The van der Waals surface area contributed by atoms with Crippen LogP contribution in [0.15, 0.2) is 5.38 Å². The number of fused-ring (bicyclic) bond motifs is 1. The molecule has 18 heavy (non-hydrogen) atoms. The molecule has 2 aromatic heterocycles. The summed E-state index contributed by atoms with van der Waals surface area (Å²) in [6, 6.07) is 0. The molecule has 0 radical (unpaired) electrons. The Labute approximate surface area is 108 Å². The van der Waals surface area contributed by atoms with E-state index in [1.54, 1.807) is 0 Å². The third-order valence-electron chi connectivity index (χ3n) is 2.86. The summed E-state index contributed by atoms with van der Waals surface area (Å²) in [7, 11) is 0. The van der Waals surface area contributed by atoms with Crippen LogP contribution in [0.5, 0.6) is 0 Å². The van der Waals surface area contributed by atoms with Crippen molar-refractivity contribution >= 4 is 22.4 Å². The van der Waals surface area contributed by atoms with Crippen LogP contribution < -0.4 is 10.6 Å². The van der Waals surface area contributed by atoms with Gasteiger partial charge in [0.05, 0.1) is 5.69 Å². The van der Waals surface area contributed by atoms with Gasteiger partial charge in [0, 0.05) is 36.1 Å². The molecule has 1 aliphatic heterocycles. The second kappa shape index (κ2) is 4.51. The number of H-pyrrole nitrogens is 1. The van der Waals surface area contributed by atoms with Gasteiger partial charge in [-0.1, -0.05) is 0 Å². The summed E-state index contributed by atoms with van der Waals surface area (Å²) >= 11 is 1.42. The molecule has 0 fully saturated rings. The summed E-state index contributed by atoms with van der Waals surface area (Å²) in [5, 5.41) is 15.6. The lowest BCUT2D eigenvalue weighted by Gasteiger charge is -2.12. The van der Waals surface area contributed by atoms with Gasteiger partial charge in [0.1, 0.15) is 0 Å². The minimum Gasteiger partial charge on any atom is -0.312 e. The molecule has 3 heterocycles. The van der Waals surface area contributed by atoms with Crippen LogP contribution in [-0.4, -0.2) is 27.6 Å². The second-order valence-corrected chi connectivity index (χ2v) is 5.06. The van der Waals surface area contributed by atoms with Crippen LogP contribution in [0.1, 0.15) is 27.4 Å². The molecule has 0 aromatic carbocycles. The molecule has 3 rings (SSSR count). The second-order valence-electron chi connectivity index (χ2n) is 4.20. The summed E-state index contributed by atoms with van der Waals surface area (Å²) in [6.07, 6.45) is 0.881. The molecular weight excluding hydrogens is 250 g/mol. The number of aromatic nitrogens is 3. The quantitative estimate of drug-likeness (QED) is 0.757. The Morgan fingerprint density at radius 1 is 1.56 bits per heavy atom. The van der Waals surface area contributed by atoms with E-state index in [0.29, 0.717) is 17.4 Å². The Kier molecular flexibility index (Phi) is 2.85. The fourth-order valence-electron chi connectivity index (χ4n) is 1.98. The van der Waals surface area contributed by atoms with Crippen molar-refractivity contribution in [3.05, 3.63) is 28.0 Å². The standard InChI is InChI=1S/C11H13N5OS/c1-6-5-18-11(13-6)14-10(17)9-7-4-12-3-2-8(7)15-16-9/h5,12H,2-4H2,1H3,(H,15,16)(H,13,14,17). The molecule has 2 aromatic rings. The van der Waals surface area contributed by atoms with Crippen LogP contribution in [0.4, 0.5) is 5.13 Å². The Morgan fingerprint density at radius 2 is 2.44 bits per heavy atom. The van der Waals surface area contributed by atoms with Gasteiger partial charge in [0.25, 0.3) is 5.91 Å². The minimum absolute atomic E-state index is 0.203. The van der Waals surface area contributed by atoms with E-state index in [1.165, 1.54) is 11.3 Å². The lowest BCUT2D eigenvalue weighted by Crippen LogP contribution is -2.25. The molecule has 0 unspecified atom stereocenters. The maximum Gasteiger partial charge on any atom is 0.278 e.